The van der Waals surface area contributed by atoms with Crippen LogP contribution in [0.4, 0.5) is 10.8 Å². The van der Waals surface area contributed by atoms with Crippen molar-refractivity contribution in [1.29, 1.82) is 0 Å². The predicted molar refractivity (Wildman–Crippen MR) is 118 cm³/mol. The van der Waals surface area contributed by atoms with Gasteiger partial charge in [0.15, 0.2) is 16.8 Å². The van der Waals surface area contributed by atoms with Crippen molar-refractivity contribution in [2.45, 2.75) is 19.8 Å². The Morgan fingerprint density at radius 2 is 1.97 bits per heavy atom. The molecule has 0 fully saturated rings. The van der Waals surface area contributed by atoms with Gasteiger partial charge >= 0.3 is 11.9 Å². The van der Waals surface area contributed by atoms with Crippen molar-refractivity contribution in [3.05, 3.63) is 28.3 Å². The number of ketones is 1. The monoisotopic (exact) mass is 479 g/mol. The molecular weight excluding hydrogens is 458 g/mol. The third kappa shape index (κ3) is 6.29. The van der Waals surface area contributed by atoms with Crippen LogP contribution in [0, 0.1) is 16.0 Å². The number of aromatic nitrogens is 1. The summed E-state index contributed by atoms with van der Waals surface area (Å²) in [4.78, 5) is 64.3. The van der Waals surface area contributed by atoms with Gasteiger partial charge in [-0.3, -0.25) is 29.8 Å². The van der Waals surface area contributed by atoms with Crippen LogP contribution in [0.2, 0.25) is 0 Å². The van der Waals surface area contributed by atoms with E-state index in [4.69, 9.17) is 0 Å². The van der Waals surface area contributed by atoms with Crippen LogP contribution >= 0.6 is 11.3 Å². The molecule has 0 aliphatic rings. The first-order valence-electron chi connectivity index (χ1n) is 9.60. The van der Waals surface area contributed by atoms with Gasteiger partial charge in [0.25, 0.3) is 11.6 Å². The molecule has 0 saturated carbocycles. The molecule has 176 valence electrons. The van der Waals surface area contributed by atoms with E-state index in [1.165, 1.54) is 18.2 Å². The lowest BCUT2D eigenvalue weighted by atomic mass is 9.97. The van der Waals surface area contributed by atoms with E-state index in [2.05, 4.69) is 30.3 Å². The van der Waals surface area contributed by atoms with Crippen molar-refractivity contribution < 1.29 is 33.6 Å². The molecule has 13 nitrogen and oxygen atoms in total. The Labute approximate surface area is 191 Å². The highest BCUT2D eigenvalue weighted by Crippen LogP contribution is 2.29. The van der Waals surface area contributed by atoms with Crippen molar-refractivity contribution in [2.75, 3.05) is 26.1 Å². The number of esters is 2. The van der Waals surface area contributed by atoms with Crippen molar-refractivity contribution in [1.82, 2.24) is 10.4 Å². The molecule has 0 spiro atoms. The van der Waals surface area contributed by atoms with Gasteiger partial charge in [0.1, 0.15) is 0 Å². The van der Waals surface area contributed by atoms with Crippen LogP contribution in [0.3, 0.4) is 0 Å². The number of Topliss-reactive ketones (excluding diaryl/α,β-unsaturated/α-hetero) is 1. The minimum Gasteiger partial charge on any atom is -0.468 e. The Balaban J connectivity index is 2.31. The minimum absolute atomic E-state index is 0.0370. The molecule has 1 aromatic carbocycles. The summed E-state index contributed by atoms with van der Waals surface area (Å²) < 4.78 is 9.58. The number of non-ortho nitro benzene ring substituents is 1. The van der Waals surface area contributed by atoms with Crippen LogP contribution in [0.15, 0.2) is 23.3 Å². The minimum atomic E-state index is -1.98. The van der Waals surface area contributed by atoms with Crippen molar-refractivity contribution in [2.24, 2.45) is 11.0 Å². The van der Waals surface area contributed by atoms with E-state index in [1.54, 1.807) is 0 Å². The summed E-state index contributed by atoms with van der Waals surface area (Å²) >= 11 is 0.889. The number of hydrogen-bond donors (Lipinski definition) is 2. The number of unbranched alkanes of at least 4 members (excludes halogenated alkanes) is 1. The van der Waals surface area contributed by atoms with Crippen molar-refractivity contribution in [3.63, 3.8) is 0 Å². The Morgan fingerprint density at radius 3 is 2.58 bits per heavy atom. The smallest absolute Gasteiger partial charge is 0.355 e. The van der Waals surface area contributed by atoms with Gasteiger partial charge in [0.2, 0.25) is 5.78 Å². The number of hydrazone groups is 1. The molecule has 2 N–H and O–H groups in total. The molecule has 2 aromatic rings. The first kappa shape index (κ1) is 25.3. The third-order valence-electron chi connectivity index (χ3n) is 4.24. The zero-order valence-electron chi connectivity index (χ0n) is 17.9. The number of rotatable bonds is 11. The lowest BCUT2D eigenvalue weighted by Crippen LogP contribution is -2.43. The average molecular weight is 479 g/mol. The number of fused-ring (bicyclic) bond motifs is 1. The van der Waals surface area contributed by atoms with Crippen LogP contribution in [-0.4, -0.2) is 60.0 Å². The molecule has 14 heteroatoms. The Morgan fingerprint density at radius 1 is 1.24 bits per heavy atom. The van der Waals surface area contributed by atoms with Gasteiger partial charge in [-0.05, 0) is 12.5 Å². The van der Waals surface area contributed by atoms with E-state index in [9.17, 15) is 29.3 Å². The fourth-order valence-corrected chi connectivity index (χ4v) is 3.45. The maximum absolute atomic E-state index is 12.8. The molecule has 33 heavy (non-hydrogen) atoms. The molecule has 0 radical (unpaired) electrons. The van der Waals surface area contributed by atoms with Crippen LogP contribution in [0.1, 0.15) is 19.8 Å². The maximum atomic E-state index is 12.8. The largest absolute Gasteiger partial charge is 0.468 e. The van der Waals surface area contributed by atoms with Gasteiger partial charge in [0.05, 0.1) is 29.4 Å². The number of nitro groups is 1. The number of benzene rings is 1. The van der Waals surface area contributed by atoms with E-state index >= 15 is 0 Å². The van der Waals surface area contributed by atoms with E-state index < -0.39 is 40.2 Å². The summed E-state index contributed by atoms with van der Waals surface area (Å²) in [6, 6.07) is 3.91. The standard InChI is InChI=1S/C19H21N5O8S/c1-4-5-8-20-23-14(18(28)32-3)13(17(27)31-2)15(25)16(26)22-19-21-11-7-6-10(24(29)30)9-12(11)33-19/h6-7,9,13,20H,4-5,8H2,1-3H3,(H,21,22,26)/b23-14-/t13-/m1/s1. The predicted octanol–water partition coefficient (Wildman–Crippen LogP) is 1.42. The zero-order chi connectivity index (χ0) is 24.5. The quantitative estimate of drug-likeness (QED) is 0.0910. The van der Waals surface area contributed by atoms with Crippen LogP contribution in [0.5, 0.6) is 0 Å². The lowest BCUT2D eigenvalue weighted by molar-refractivity contribution is -0.384. The average Bonchev–Trinajstić information content (AvgIpc) is 3.21. The molecule has 0 aliphatic heterocycles. The molecular formula is C19H21N5O8S. The number of carbonyl (C=O) groups is 4. The molecule has 1 atom stereocenters. The SMILES string of the molecule is CCCCN/N=C(\C(=O)OC)[C@@H](C(=O)OC)C(=O)C(=O)Nc1nc2ccc([N+](=O)[O-])cc2s1. The second-order valence-electron chi connectivity index (χ2n) is 6.45. The number of amides is 1. The highest BCUT2D eigenvalue weighted by Gasteiger charge is 2.41. The fourth-order valence-electron chi connectivity index (χ4n) is 2.56. The number of carbonyl (C=O) groups excluding carboxylic acids is 4. The molecule has 0 unspecified atom stereocenters. The Hall–Kier alpha value is -3.94. The lowest BCUT2D eigenvalue weighted by Gasteiger charge is -2.14. The first-order chi connectivity index (χ1) is 15.7. The van der Waals surface area contributed by atoms with Gasteiger partial charge in [-0.25, -0.2) is 9.78 Å². The van der Waals surface area contributed by atoms with E-state index in [0.29, 0.717) is 23.2 Å². The fraction of sp³-hybridized carbons (Fsp3) is 0.368. The van der Waals surface area contributed by atoms with E-state index in [0.717, 1.165) is 32.0 Å². The van der Waals surface area contributed by atoms with Gasteiger partial charge in [-0.15, -0.1) is 0 Å². The van der Waals surface area contributed by atoms with Crippen LogP contribution < -0.4 is 10.7 Å². The van der Waals surface area contributed by atoms with E-state index in [1.807, 2.05) is 6.92 Å². The summed E-state index contributed by atoms with van der Waals surface area (Å²) in [7, 11) is 2.02. The second-order valence-corrected chi connectivity index (χ2v) is 7.48. The molecule has 1 aromatic heterocycles. The number of anilines is 1. The van der Waals surface area contributed by atoms with E-state index in [-0.39, 0.29) is 10.8 Å². The number of nitro benzene ring substituents is 1. The van der Waals surface area contributed by atoms with Gasteiger partial charge in [-0.2, -0.15) is 5.10 Å². The van der Waals surface area contributed by atoms with Crippen LogP contribution in [0.25, 0.3) is 10.2 Å². The molecule has 0 saturated heterocycles. The summed E-state index contributed by atoms with van der Waals surface area (Å²) in [5.74, 6) is -6.84. The molecule has 2 rings (SSSR count). The number of nitrogens with one attached hydrogen (secondary N) is 2. The molecule has 1 heterocycles. The maximum Gasteiger partial charge on any atom is 0.355 e. The second kappa shape index (κ2) is 11.6. The van der Waals surface area contributed by atoms with Gasteiger partial charge in [-0.1, -0.05) is 24.7 Å². The number of ether oxygens (including phenoxy) is 2. The van der Waals surface area contributed by atoms with Crippen LogP contribution in [-0.2, 0) is 28.7 Å². The van der Waals surface area contributed by atoms with Crippen molar-refractivity contribution >= 4 is 61.7 Å². The Bertz CT molecular complexity index is 1110. The first-order valence-corrected chi connectivity index (χ1v) is 10.4. The topological polar surface area (TPSA) is 179 Å². The number of thiazole rings is 1. The Kier molecular flexibility index (Phi) is 8.91. The zero-order valence-corrected chi connectivity index (χ0v) is 18.8. The highest BCUT2D eigenvalue weighted by atomic mass is 32.1. The van der Waals surface area contributed by atoms with Gasteiger partial charge in [0, 0.05) is 18.7 Å². The molecule has 0 aliphatic carbocycles. The third-order valence-corrected chi connectivity index (χ3v) is 5.17. The van der Waals surface area contributed by atoms with Crippen molar-refractivity contribution in [3.8, 4) is 0 Å². The highest BCUT2D eigenvalue weighted by molar-refractivity contribution is 7.22. The number of methoxy groups -OCH3 is 2. The summed E-state index contributed by atoms with van der Waals surface area (Å²) in [5.41, 5.74) is 2.12. The number of nitrogens with zero attached hydrogens (tertiary/aromatic N) is 3. The van der Waals surface area contributed by atoms with Gasteiger partial charge < -0.3 is 14.9 Å². The molecule has 0 bridgehead atoms. The summed E-state index contributed by atoms with van der Waals surface area (Å²) in [5, 5.41) is 16.9. The number of hydrogen-bond acceptors (Lipinski definition) is 12. The summed E-state index contributed by atoms with van der Waals surface area (Å²) in [6.07, 6.45) is 1.52. The molecule has 1 amide bonds. The normalized spacial score (nSPS) is 12.0. The summed E-state index contributed by atoms with van der Waals surface area (Å²) in [6.45, 7) is 2.28.